The molecule has 0 spiro atoms. The summed E-state index contributed by atoms with van der Waals surface area (Å²) in [6, 6.07) is 26.8. The maximum Gasteiger partial charge on any atom is 0.195 e. The van der Waals surface area contributed by atoms with Crippen LogP contribution < -0.4 is 10.6 Å². The van der Waals surface area contributed by atoms with Crippen molar-refractivity contribution in [2.45, 2.75) is 13.0 Å². The molecule has 26 heavy (non-hydrogen) atoms. The maximum absolute atomic E-state index is 12.8. The van der Waals surface area contributed by atoms with Crippen molar-refractivity contribution in [2.24, 2.45) is 0 Å². The van der Waals surface area contributed by atoms with Crippen LogP contribution in [-0.2, 0) is 0 Å². The van der Waals surface area contributed by atoms with Crippen molar-refractivity contribution >= 4 is 28.8 Å². The number of para-hydroxylation sites is 1. The number of hydrogen-bond donors (Lipinski definition) is 2. The Morgan fingerprint density at radius 1 is 0.846 bits per heavy atom. The minimum atomic E-state index is -0.0346. The van der Waals surface area contributed by atoms with Gasteiger partial charge in [-0.2, -0.15) is 0 Å². The van der Waals surface area contributed by atoms with Crippen LogP contribution in [0.1, 0.15) is 34.5 Å². The molecule has 3 nitrogen and oxygen atoms in total. The van der Waals surface area contributed by atoms with Crippen molar-refractivity contribution in [1.29, 1.82) is 0 Å². The van der Waals surface area contributed by atoms with E-state index in [-0.39, 0.29) is 11.8 Å². The molecule has 3 rings (SSSR count). The van der Waals surface area contributed by atoms with Crippen molar-refractivity contribution in [3.05, 3.63) is 102 Å². The third-order valence-corrected chi connectivity index (χ3v) is 4.32. The molecule has 3 aromatic carbocycles. The van der Waals surface area contributed by atoms with E-state index in [1.54, 1.807) is 6.07 Å². The highest BCUT2D eigenvalue weighted by Gasteiger charge is 2.14. The Labute approximate surface area is 159 Å². The van der Waals surface area contributed by atoms with Gasteiger partial charge < -0.3 is 10.6 Å². The maximum atomic E-state index is 12.8. The monoisotopic (exact) mass is 360 g/mol. The smallest absolute Gasteiger partial charge is 0.195 e. The van der Waals surface area contributed by atoms with Crippen LogP contribution in [0.3, 0.4) is 0 Å². The molecule has 0 heterocycles. The molecule has 3 aromatic rings. The van der Waals surface area contributed by atoms with Crippen LogP contribution in [-0.4, -0.2) is 10.9 Å². The van der Waals surface area contributed by atoms with Crippen LogP contribution in [0.15, 0.2) is 84.9 Å². The van der Waals surface area contributed by atoms with Crippen LogP contribution >= 0.6 is 12.2 Å². The molecule has 0 aliphatic heterocycles. The van der Waals surface area contributed by atoms with E-state index in [1.807, 2.05) is 85.8 Å². The lowest BCUT2D eigenvalue weighted by molar-refractivity contribution is 0.103. The Bertz CT molecular complexity index is 894. The number of nitrogens with one attached hydrogen (secondary N) is 2. The van der Waals surface area contributed by atoms with Crippen LogP contribution in [0, 0.1) is 0 Å². The second-order valence-electron chi connectivity index (χ2n) is 5.97. The number of carbonyl (C=O) groups excluding carboxylic acids is 1. The standard InChI is InChI=1S/C22H20N2OS/c1-16(17-10-4-2-5-11-17)23-22(26)24-20-15-9-8-14-19(20)21(25)18-12-6-3-7-13-18/h2-16H,1H3,(H2,23,24,26). The van der Waals surface area contributed by atoms with Gasteiger partial charge in [-0.05, 0) is 36.8 Å². The Hall–Kier alpha value is -2.98. The lowest BCUT2D eigenvalue weighted by Gasteiger charge is -2.18. The van der Waals surface area contributed by atoms with Crippen molar-refractivity contribution < 1.29 is 4.79 Å². The average Bonchev–Trinajstić information content (AvgIpc) is 2.69. The molecule has 0 bridgehead atoms. The summed E-state index contributed by atoms with van der Waals surface area (Å²) in [5.41, 5.74) is 3.08. The van der Waals surface area contributed by atoms with E-state index >= 15 is 0 Å². The van der Waals surface area contributed by atoms with E-state index in [2.05, 4.69) is 10.6 Å². The Morgan fingerprint density at radius 2 is 1.42 bits per heavy atom. The minimum absolute atomic E-state index is 0.0346. The summed E-state index contributed by atoms with van der Waals surface area (Å²) in [7, 11) is 0. The highest BCUT2D eigenvalue weighted by Crippen LogP contribution is 2.20. The summed E-state index contributed by atoms with van der Waals surface area (Å²) < 4.78 is 0. The number of anilines is 1. The second kappa shape index (κ2) is 8.41. The highest BCUT2D eigenvalue weighted by atomic mass is 32.1. The van der Waals surface area contributed by atoms with Gasteiger partial charge in [-0.15, -0.1) is 0 Å². The Balaban J connectivity index is 1.74. The fourth-order valence-corrected chi connectivity index (χ4v) is 3.00. The van der Waals surface area contributed by atoms with Gasteiger partial charge in [0.2, 0.25) is 0 Å². The lowest BCUT2D eigenvalue weighted by Crippen LogP contribution is -2.31. The molecular formula is C22H20N2OS. The topological polar surface area (TPSA) is 41.1 Å². The Kier molecular flexibility index (Phi) is 5.77. The van der Waals surface area contributed by atoms with E-state index in [1.165, 1.54) is 0 Å². The highest BCUT2D eigenvalue weighted by molar-refractivity contribution is 7.80. The second-order valence-corrected chi connectivity index (χ2v) is 6.38. The van der Waals surface area contributed by atoms with Crippen molar-refractivity contribution in [3.8, 4) is 0 Å². The molecule has 0 aliphatic carbocycles. The van der Waals surface area contributed by atoms with Gasteiger partial charge in [-0.25, -0.2) is 0 Å². The molecule has 1 unspecified atom stereocenters. The number of hydrogen-bond acceptors (Lipinski definition) is 2. The number of thiocarbonyl (C=S) groups is 1. The van der Waals surface area contributed by atoms with Gasteiger partial charge in [0.15, 0.2) is 10.9 Å². The lowest BCUT2D eigenvalue weighted by atomic mass is 10.0. The Morgan fingerprint density at radius 3 is 2.12 bits per heavy atom. The van der Waals surface area contributed by atoms with Gasteiger partial charge in [0.1, 0.15) is 0 Å². The number of benzene rings is 3. The first-order valence-corrected chi connectivity index (χ1v) is 8.87. The van der Waals surface area contributed by atoms with Crippen molar-refractivity contribution in [1.82, 2.24) is 5.32 Å². The minimum Gasteiger partial charge on any atom is -0.356 e. The van der Waals surface area contributed by atoms with Gasteiger partial charge in [0, 0.05) is 11.1 Å². The fraction of sp³-hybridized carbons (Fsp3) is 0.0909. The van der Waals surface area contributed by atoms with Crippen molar-refractivity contribution in [3.63, 3.8) is 0 Å². The zero-order chi connectivity index (χ0) is 18.4. The number of rotatable bonds is 5. The molecule has 4 heteroatoms. The molecule has 0 amide bonds. The summed E-state index contributed by atoms with van der Waals surface area (Å²) >= 11 is 5.44. The molecule has 2 N–H and O–H groups in total. The molecule has 0 radical (unpaired) electrons. The first-order valence-electron chi connectivity index (χ1n) is 8.46. The normalized spacial score (nSPS) is 11.4. The fourth-order valence-electron chi connectivity index (χ4n) is 2.72. The zero-order valence-corrected chi connectivity index (χ0v) is 15.3. The molecule has 0 aromatic heterocycles. The molecule has 0 saturated carbocycles. The quantitative estimate of drug-likeness (QED) is 0.498. The predicted molar refractivity (Wildman–Crippen MR) is 111 cm³/mol. The van der Waals surface area contributed by atoms with Crippen LogP contribution in [0.2, 0.25) is 0 Å². The summed E-state index contributed by atoms with van der Waals surface area (Å²) in [6.45, 7) is 2.05. The van der Waals surface area contributed by atoms with Gasteiger partial charge in [0.05, 0.1) is 11.7 Å². The first kappa shape index (κ1) is 17.8. The molecule has 1 atom stereocenters. The van der Waals surface area contributed by atoms with Gasteiger partial charge in [-0.3, -0.25) is 4.79 Å². The van der Waals surface area contributed by atoms with E-state index < -0.39 is 0 Å². The van der Waals surface area contributed by atoms with E-state index in [0.29, 0.717) is 21.9 Å². The third-order valence-electron chi connectivity index (χ3n) is 4.10. The number of carbonyl (C=O) groups is 1. The van der Waals surface area contributed by atoms with E-state index in [0.717, 1.165) is 5.56 Å². The molecule has 130 valence electrons. The van der Waals surface area contributed by atoms with Gasteiger partial charge in [0.25, 0.3) is 0 Å². The summed E-state index contributed by atoms with van der Waals surface area (Å²) in [5, 5.41) is 6.90. The predicted octanol–water partition coefficient (Wildman–Crippen LogP) is 4.97. The number of ketones is 1. The first-order chi connectivity index (χ1) is 12.6. The largest absolute Gasteiger partial charge is 0.356 e. The van der Waals surface area contributed by atoms with Crippen LogP contribution in [0.25, 0.3) is 0 Å². The zero-order valence-electron chi connectivity index (χ0n) is 14.5. The average molecular weight is 360 g/mol. The van der Waals surface area contributed by atoms with Gasteiger partial charge >= 0.3 is 0 Å². The summed E-state index contributed by atoms with van der Waals surface area (Å²) in [5.74, 6) is -0.0346. The van der Waals surface area contributed by atoms with Gasteiger partial charge in [-0.1, -0.05) is 72.8 Å². The molecule has 0 saturated heterocycles. The third kappa shape index (κ3) is 4.35. The molecule has 0 aliphatic rings. The van der Waals surface area contributed by atoms with E-state index in [4.69, 9.17) is 12.2 Å². The van der Waals surface area contributed by atoms with Crippen LogP contribution in [0.4, 0.5) is 5.69 Å². The SMILES string of the molecule is CC(NC(=S)Nc1ccccc1C(=O)c1ccccc1)c1ccccc1. The van der Waals surface area contributed by atoms with E-state index in [9.17, 15) is 4.79 Å². The van der Waals surface area contributed by atoms with Crippen LogP contribution in [0.5, 0.6) is 0 Å². The molecular weight excluding hydrogens is 340 g/mol. The summed E-state index contributed by atoms with van der Waals surface area (Å²) in [4.78, 5) is 12.8. The summed E-state index contributed by atoms with van der Waals surface area (Å²) in [6.07, 6.45) is 0. The van der Waals surface area contributed by atoms with Crippen molar-refractivity contribution in [2.75, 3.05) is 5.32 Å². The molecule has 0 fully saturated rings.